The number of hydrogen-bond donors (Lipinski definition) is 0. The van der Waals surface area contributed by atoms with Crippen molar-refractivity contribution in [3.63, 3.8) is 0 Å². The Morgan fingerprint density at radius 2 is 1.91 bits per heavy atom. The Balaban J connectivity index is 1.75. The molecule has 0 saturated carbocycles. The van der Waals surface area contributed by atoms with Gasteiger partial charge in [0.15, 0.2) is 9.84 Å². The molecule has 0 aliphatic rings. The standard InChI is InChI=1S/C22H18ClFN4O3S/c1-3-13-8-14(9-15-11-25-22(24)26-20(13)15)21-18(31-2)10-16(27-28-21)12-32(29,30)19-7-5-4-6-17(19)23/h4-11H,3,12H2,1-2H3. The maximum absolute atomic E-state index is 13.5. The van der Waals surface area contributed by atoms with Crippen LogP contribution in [0.15, 0.2) is 53.6 Å². The molecular formula is C22H18ClFN4O3S. The molecule has 4 aromatic rings. The highest BCUT2D eigenvalue weighted by Gasteiger charge is 2.21. The Kier molecular flexibility index (Phi) is 6.03. The molecule has 0 radical (unpaired) electrons. The van der Waals surface area contributed by atoms with Crippen LogP contribution in [-0.2, 0) is 22.0 Å². The fourth-order valence-electron chi connectivity index (χ4n) is 3.41. The lowest BCUT2D eigenvalue weighted by atomic mass is 10.0. The molecule has 7 nitrogen and oxygen atoms in total. The summed E-state index contributed by atoms with van der Waals surface area (Å²) in [6.07, 6.45) is 1.23. The third kappa shape index (κ3) is 4.26. The van der Waals surface area contributed by atoms with Crippen LogP contribution < -0.4 is 4.74 Å². The molecule has 0 fully saturated rings. The number of ether oxygens (including phenoxy) is 1. The van der Waals surface area contributed by atoms with Crippen molar-refractivity contribution < 1.29 is 17.5 Å². The van der Waals surface area contributed by atoms with Gasteiger partial charge in [-0.2, -0.15) is 9.49 Å². The van der Waals surface area contributed by atoms with Gasteiger partial charge >= 0.3 is 6.08 Å². The van der Waals surface area contributed by atoms with Crippen molar-refractivity contribution in [1.29, 1.82) is 0 Å². The van der Waals surface area contributed by atoms with E-state index in [0.29, 0.717) is 34.3 Å². The fourth-order valence-corrected chi connectivity index (χ4v) is 5.24. The number of methoxy groups -OCH3 is 1. The van der Waals surface area contributed by atoms with Crippen LogP contribution in [0.25, 0.3) is 22.2 Å². The minimum atomic E-state index is -3.73. The van der Waals surface area contributed by atoms with Gasteiger partial charge in [-0.25, -0.2) is 18.4 Å². The number of nitrogens with zero attached hydrogens (tertiary/aromatic N) is 4. The lowest BCUT2D eigenvalue weighted by Gasteiger charge is -2.12. The molecule has 0 unspecified atom stereocenters. The maximum Gasteiger partial charge on any atom is 0.309 e. The molecule has 0 atom stereocenters. The van der Waals surface area contributed by atoms with E-state index in [1.54, 1.807) is 18.2 Å². The Bertz CT molecular complexity index is 1430. The molecule has 0 N–H and O–H groups in total. The largest absolute Gasteiger partial charge is 0.494 e. The first kappa shape index (κ1) is 22.0. The molecule has 0 saturated heterocycles. The number of fused-ring (bicyclic) bond motifs is 1. The topological polar surface area (TPSA) is 94.9 Å². The lowest BCUT2D eigenvalue weighted by Crippen LogP contribution is -2.08. The summed E-state index contributed by atoms with van der Waals surface area (Å²) in [6.45, 7) is 1.93. The van der Waals surface area contributed by atoms with Gasteiger partial charge in [0.25, 0.3) is 0 Å². The molecule has 2 aromatic heterocycles. The molecule has 164 valence electrons. The van der Waals surface area contributed by atoms with E-state index >= 15 is 0 Å². The van der Waals surface area contributed by atoms with E-state index in [4.69, 9.17) is 16.3 Å². The zero-order valence-corrected chi connectivity index (χ0v) is 18.8. The minimum absolute atomic E-state index is 0.0286. The van der Waals surface area contributed by atoms with Crippen molar-refractivity contribution in [1.82, 2.24) is 20.2 Å². The fraction of sp³-hybridized carbons (Fsp3) is 0.182. The maximum atomic E-state index is 13.5. The predicted molar refractivity (Wildman–Crippen MR) is 119 cm³/mol. The van der Waals surface area contributed by atoms with Crippen LogP contribution in [0.4, 0.5) is 4.39 Å². The number of sulfone groups is 1. The second-order valence-corrected chi connectivity index (χ2v) is 9.37. The minimum Gasteiger partial charge on any atom is -0.494 e. The molecular weight excluding hydrogens is 455 g/mol. The number of rotatable bonds is 6. The second-order valence-electron chi connectivity index (χ2n) is 7.01. The van der Waals surface area contributed by atoms with Crippen molar-refractivity contribution in [2.45, 2.75) is 24.0 Å². The second kappa shape index (κ2) is 8.76. The van der Waals surface area contributed by atoms with E-state index in [0.717, 1.165) is 5.56 Å². The van der Waals surface area contributed by atoms with Crippen molar-refractivity contribution in [3.05, 3.63) is 71.0 Å². The highest BCUT2D eigenvalue weighted by atomic mass is 35.5. The highest BCUT2D eigenvalue weighted by Crippen LogP contribution is 2.32. The third-order valence-electron chi connectivity index (χ3n) is 4.93. The Morgan fingerprint density at radius 3 is 2.62 bits per heavy atom. The lowest BCUT2D eigenvalue weighted by molar-refractivity contribution is 0.413. The predicted octanol–water partition coefficient (Wildman–Crippen LogP) is 4.42. The highest BCUT2D eigenvalue weighted by molar-refractivity contribution is 7.90. The Hall–Kier alpha value is -3.17. The van der Waals surface area contributed by atoms with Crippen LogP contribution in [0, 0.1) is 6.08 Å². The average molecular weight is 473 g/mol. The van der Waals surface area contributed by atoms with Gasteiger partial charge in [0.05, 0.1) is 34.0 Å². The van der Waals surface area contributed by atoms with Crippen LogP contribution in [0.2, 0.25) is 5.02 Å². The van der Waals surface area contributed by atoms with Crippen molar-refractivity contribution in [2.24, 2.45) is 0 Å². The number of benzene rings is 2. The SMILES string of the molecule is CCc1cc(-c2nnc(CS(=O)(=O)c3ccccc3Cl)cc2OC)cc2cnc(F)nc12. The number of aryl methyl sites for hydroxylation is 1. The molecule has 32 heavy (non-hydrogen) atoms. The summed E-state index contributed by atoms with van der Waals surface area (Å²) < 4.78 is 44.6. The molecule has 0 spiro atoms. The third-order valence-corrected chi connectivity index (χ3v) is 7.07. The molecule has 0 aliphatic heterocycles. The van der Waals surface area contributed by atoms with Crippen molar-refractivity contribution >= 4 is 32.3 Å². The molecule has 0 aliphatic carbocycles. The van der Waals surface area contributed by atoms with Crippen LogP contribution in [0.5, 0.6) is 5.75 Å². The summed E-state index contributed by atoms with van der Waals surface area (Å²) in [6, 6.07) is 11.4. The molecule has 2 heterocycles. The molecule has 0 bridgehead atoms. The monoisotopic (exact) mass is 472 g/mol. The van der Waals surface area contributed by atoms with E-state index in [9.17, 15) is 12.8 Å². The first-order chi connectivity index (χ1) is 15.3. The molecule has 0 amide bonds. The van der Waals surface area contributed by atoms with Crippen LogP contribution in [-0.4, -0.2) is 35.7 Å². The quantitative estimate of drug-likeness (QED) is 0.383. The van der Waals surface area contributed by atoms with Crippen LogP contribution in [0.1, 0.15) is 18.2 Å². The zero-order chi connectivity index (χ0) is 22.9. The summed E-state index contributed by atoms with van der Waals surface area (Å²) in [5, 5.41) is 9.14. The Labute approximate surface area is 189 Å². The summed E-state index contributed by atoms with van der Waals surface area (Å²) in [5.41, 5.74) is 2.65. The van der Waals surface area contributed by atoms with Gasteiger partial charge < -0.3 is 4.74 Å². The first-order valence-corrected chi connectivity index (χ1v) is 11.7. The normalized spacial score (nSPS) is 11.6. The van der Waals surface area contributed by atoms with Crippen molar-refractivity contribution in [3.8, 4) is 17.0 Å². The molecule has 4 rings (SSSR count). The van der Waals surface area contributed by atoms with E-state index in [-0.39, 0.29) is 21.4 Å². The van der Waals surface area contributed by atoms with E-state index in [1.165, 1.54) is 31.5 Å². The number of aromatic nitrogens is 4. The zero-order valence-electron chi connectivity index (χ0n) is 17.2. The summed E-state index contributed by atoms with van der Waals surface area (Å²) in [5.74, 6) is -0.0281. The van der Waals surface area contributed by atoms with Gasteiger partial charge in [-0.05, 0) is 36.2 Å². The molecule has 10 heteroatoms. The molecule has 2 aromatic carbocycles. The smallest absolute Gasteiger partial charge is 0.309 e. The summed E-state index contributed by atoms with van der Waals surface area (Å²) in [7, 11) is -2.27. The Morgan fingerprint density at radius 1 is 1.12 bits per heavy atom. The van der Waals surface area contributed by atoms with Gasteiger partial charge in [0.2, 0.25) is 0 Å². The first-order valence-electron chi connectivity index (χ1n) is 9.65. The van der Waals surface area contributed by atoms with E-state index in [2.05, 4.69) is 20.2 Å². The summed E-state index contributed by atoms with van der Waals surface area (Å²) in [4.78, 5) is 7.55. The van der Waals surface area contributed by atoms with Crippen molar-refractivity contribution in [2.75, 3.05) is 7.11 Å². The number of hydrogen-bond acceptors (Lipinski definition) is 7. The van der Waals surface area contributed by atoms with Crippen LogP contribution in [0.3, 0.4) is 0 Å². The van der Waals surface area contributed by atoms with Gasteiger partial charge in [-0.15, -0.1) is 5.10 Å². The number of halogens is 2. The van der Waals surface area contributed by atoms with Gasteiger partial charge in [0.1, 0.15) is 11.4 Å². The van der Waals surface area contributed by atoms with Gasteiger partial charge in [0, 0.05) is 23.2 Å². The van der Waals surface area contributed by atoms with Gasteiger partial charge in [-0.3, -0.25) is 0 Å². The van der Waals surface area contributed by atoms with E-state index < -0.39 is 15.9 Å². The van der Waals surface area contributed by atoms with Crippen LogP contribution >= 0.6 is 11.6 Å². The van der Waals surface area contributed by atoms with E-state index in [1.807, 2.05) is 13.0 Å². The average Bonchev–Trinajstić information content (AvgIpc) is 2.78. The summed E-state index contributed by atoms with van der Waals surface area (Å²) >= 11 is 6.05. The van der Waals surface area contributed by atoms with Gasteiger partial charge in [-0.1, -0.05) is 30.7 Å².